The van der Waals surface area contributed by atoms with Crippen molar-refractivity contribution in [3.8, 4) is 0 Å². The zero-order chi connectivity index (χ0) is 12.5. The van der Waals surface area contributed by atoms with Crippen molar-refractivity contribution in [2.24, 2.45) is 0 Å². The van der Waals surface area contributed by atoms with Crippen LogP contribution >= 0.6 is 11.6 Å². The molecule has 1 N–H and O–H groups in total. The minimum absolute atomic E-state index is 0.257. The molecule has 2 rings (SSSR count). The summed E-state index contributed by atoms with van der Waals surface area (Å²) in [6.45, 7) is 2.72. The largest absolute Gasteiger partial charge is 0.384 e. The molecule has 1 aliphatic carbocycles. The third kappa shape index (κ3) is 2.34. The Labute approximate surface area is 107 Å². The number of methoxy groups -OCH3 is 1. The first-order chi connectivity index (χ1) is 8.10. The molecule has 5 heteroatoms. The van der Waals surface area contributed by atoms with E-state index in [0.717, 1.165) is 25.1 Å². The van der Waals surface area contributed by atoms with Crippen molar-refractivity contribution in [2.75, 3.05) is 7.11 Å². The van der Waals surface area contributed by atoms with Crippen LogP contribution in [0.3, 0.4) is 0 Å². The quantitative estimate of drug-likeness (QED) is 0.905. The molecule has 0 aromatic carbocycles. The Morgan fingerprint density at radius 2 is 2.24 bits per heavy atom. The molecule has 4 nitrogen and oxygen atoms in total. The first kappa shape index (κ1) is 12.9. The molecule has 1 fully saturated rings. The predicted molar refractivity (Wildman–Crippen MR) is 66.1 cm³/mol. The van der Waals surface area contributed by atoms with E-state index in [4.69, 9.17) is 16.3 Å². The van der Waals surface area contributed by atoms with Crippen molar-refractivity contribution in [1.82, 2.24) is 9.78 Å². The highest BCUT2D eigenvalue weighted by Crippen LogP contribution is 2.40. The molecule has 1 heterocycles. The Morgan fingerprint density at radius 1 is 1.59 bits per heavy atom. The number of aliphatic hydroxyl groups is 1. The number of hydrogen-bond donors (Lipinski definition) is 1. The van der Waals surface area contributed by atoms with Crippen LogP contribution in [0.5, 0.6) is 0 Å². The summed E-state index contributed by atoms with van der Waals surface area (Å²) in [4.78, 5) is 0. The van der Waals surface area contributed by atoms with Crippen molar-refractivity contribution < 1.29 is 9.84 Å². The van der Waals surface area contributed by atoms with E-state index in [-0.39, 0.29) is 6.10 Å². The lowest BCUT2D eigenvalue weighted by Crippen LogP contribution is -2.36. The lowest BCUT2D eigenvalue weighted by Gasteiger charge is -2.36. The van der Waals surface area contributed by atoms with Gasteiger partial charge in [0, 0.05) is 13.7 Å². The molecule has 96 valence electrons. The van der Waals surface area contributed by atoms with Gasteiger partial charge in [-0.2, -0.15) is 5.10 Å². The van der Waals surface area contributed by atoms with E-state index in [1.165, 1.54) is 0 Å². The molecule has 0 aliphatic heterocycles. The Kier molecular flexibility index (Phi) is 3.76. The van der Waals surface area contributed by atoms with E-state index in [2.05, 4.69) is 5.10 Å². The van der Waals surface area contributed by atoms with Gasteiger partial charge in [-0.1, -0.05) is 11.6 Å². The summed E-state index contributed by atoms with van der Waals surface area (Å²) >= 11 is 6.14. The highest BCUT2D eigenvalue weighted by molar-refractivity contribution is 6.31. The fourth-order valence-corrected chi connectivity index (χ4v) is 2.92. The summed E-state index contributed by atoms with van der Waals surface area (Å²) < 4.78 is 7.11. The lowest BCUT2D eigenvalue weighted by molar-refractivity contribution is -0.0525. The molecule has 0 atom stereocenters. The van der Waals surface area contributed by atoms with Crippen LogP contribution in [0, 0.1) is 0 Å². The predicted octanol–water partition coefficient (Wildman–Crippen LogP) is 2.33. The molecule has 0 spiro atoms. The van der Waals surface area contributed by atoms with Gasteiger partial charge in [-0.05, 0) is 32.6 Å². The highest BCUT2D eigenvalue weighted by Gasteiger charge is 2.39. The van der Waals surface area contributed by atoms with E-state index in [1.54, 1.807) is 18.0 Å². The summed E-state index contributed by atoms with van der Waals surface area (Å²) in [5.74, 6) is 0. The minimum atomic E-state index is -0.849. The highest BCUT2D eigenvalue weighted by atomic mass is 35.5. The Morgan fingerprint density at radius 3 is 2.76 bits per heavy atom. The van der Waals surface area contributed by atoms with Gasteiger partial charge in [0.2, 0.25) is 0 Å². The Bertz CT molecular complexity index is 384. The van der Waals surface area contributed by atoms with Gasteiger partial charge in [-0.25, -0.2) is 0 Å². The van der Waals surface area contributed by atoms with Gasteiger partial charge < -0.3 is 9.84 Å². The van der Waals surface area contributed by atoms with Crippen LogP contribution in [0.25, 0.3) is 0 Å². The van der Waals surface area contributed by atoms with Crippen LogP contribution in [0.15, 0.2) is 6.20 Å². The minimum Gasteiger partial charge on any atom is -0.384 e. The maximum atomic E-state index is 10.7. The molecule has 0 bridgehead atoms. The molecule has 0 radical (unpaired) electrons. The van der Waals surface area contributed by atoms with E-state index in [9.17, 15) is 5.11 Å². The van der Waals surface area contributed by atoms with E-state index >= 15 is 0 Å². The topological polar surface area (TPSA) is 47.3 Å². The lowest BCUT2D eigenvalue weighted by atomic mass is 9.81. The standard InChI is InChI=1S/C12H19ClN2O2/c1-3-15-11(10(13)8-14-15)12(16)6-4-9(17-2)5-7-12/h8-9,16H,3-7H2,1-2H3. The maximum absolute atomic E-state index is 10.7. The van der Waals surface area contributed by atoms with Crippen molar-refractivity contribution in [2.45, 2.75) is 50.9 Å². The zero-order valence-corrected chi connectivity index (χ0v) is 11.1. The van der Waals surface area contributed by atoms with Gasteiger partial charge in [0.15, 0.2) is 0 Å². The average molecular weight is 259 g/mol. The third-order valence-electron chi connectivity index (χ3n) is 3.63. The van der Waals surface area contributed by atoms with Crippen LogP contribution in [0.2, 0.25) is 5.02 Å². The number of hydrogen-bond acceptors (Lipinski definition) is 3. The molecule has 1 aromatic heterocycles. The molecule has 0 amide bonds. The third-order valence-corrected chi connectivity index (χ3v) is 3.90. The van der Waals surface area contributed by atoms with Gasteiger partial charge in [-0.15, -0.1) is 0 Å². The Hall–Kier alpha value is -0.580. The first-order valence-corrected chi connectivity index (χ1v) is 6.45. The van der Waals surface area contributed by atoms with Crippen LogP contribution < -0.4 is 0 Å². The normalized spacial score (nSPS) is 29.5. The zero-order valence-electron chi connectivity index (χ0n) is 10.3. The molecule has 0 saturated heterocycles. The van der Waals surface area contributed by atoms with Gasteiger partial charge >= 0.3 is 0 Å². The van der Waals surface area contributed by atoms with E-state index in [1.807, 2.05) is 6.92 Å². The van der Waals surface area contributed by atoms with Crippen LogP contribution in [-0.2, 0) is 16.9 Å². The SMILES string of the molecule is CCn1ncc(Cl)c1C1(O)CCC(OC)CC1. The van der Waals surface area contributed by atoms with Crippen LogP contribution in [-0.4, -0.2) is 28.1 Å². The fourth-order valence-electron chi connectivity index (χ4n) is 2.61. The number of nitrogens with zero attached hydrogens (tertiary/aromatic N) is 2. The van der Waals surface area contributed by atoms with Crippen molar-refractivity contribution in [1.29, 1.82) is 0 Å². The molecule has 17 heavy (non-hydrogen) atoms. The molecule has 0 unspecified atom stereocenters. The summed E-state index contributed by atoms with van der Waals surface area (Å²) in [6, 6.07) is 0. The number of rotatable bonds is 3. The van der Waals surface area contributed by atoms with E-state index < -0.39 is 5.60 Å². The molecular formula is C12H19ClN2O2. The van der Waals surface area contributed by atoms with Gasteiger partial charge in [0.25, 0.3) is 0 Å². The number of aromatic nitrogens is 2. The van der Waals surface area contributed by atoms with Gasteiger partial charge in [0.05, 0.1) is 23.0 Å². The second kappa shape index (κ2) is 4.96. The smallest absolute Gasteiger partial charge is 0.108 e. The monoisotopic (exact) mass is 258 g/mol. The summed E-state index contributed by atoms with van der Waals surface area (Å²) in [5.41, 5.74) is -0.0882. The summed E-state index contributed by atoms with van der Waals surface area (Å²) in [7, 11) is 1.72. The van der Waals surface area contributed by atoms with Crippen molar-refractivity contribution in [3.63, 3.8) is 0 Å². The molecule has 1 aliphatic rings. The van der Waals surface area contributed by atoms with Crippen LogP contribution in [0.4, 0.5) is 0 Å². The molecule has 1 saturated carbocycles. The van der Waals surface area contributed by atoms with Crippen molar-refractivity contribution in [3.05, 3.63) is 16.9 Å². The van der Waals surface area contributed by atoms with E-state index in [0.29, 0.717) is 17.9 Å². The van der Waals surface area contributed by atoms with Crippen LogP contribution in [0.1, 0.15) is 38.3 Å². The van der Waals surface area contributed by atoms with Crippen molar-refractivity contribution >= 4 is 11.6 Å². The first-order valence-electron chi connectivity index (χ1n) is 6.07. The molecule has 1 aromatic rings. The van der Waals surface area contributed by atoms with Gasteiger partial charge in [-0.3, -0.25) is 4.68 Å². The average Bonchev–Trinajstić information content (AvgIpc) is 2.72. The number of ether oxygens (including phenoxy) is 1. The maximum Gasteiger partial charge on any atom is 0.108 e. The summed E-state index contributed by atoms with van der Waals surface area (Å²) in [6.07, 6.45) is 4.94. The second-order valence-electron chi connectivity index (χ2n) is 4.62. The second-order valence-corrected chi connectivity index (χ2v) is 5.03. The Balaban J connectivity index is 2.24. The summed E-state index contributed by atoms with van der Waals surface area (Å²) in [5, 5.41) is 15.5. The number of aryl methyl sites for hydroxylation is 1. The fraction of sp³-hybridized carbons (Fsp3) is 0.750. The molecular weight excluding hydrogens is 240 g/mol. The number of halogens is 1. The van der Waals surface area contributed by atoms with Gasteiger partial charge in [0.1, 0.15) is 5.60 Å².